The van der Waals surface area contributed by atoms with Crippen molar-refractivity contribution in [2.75, 3.05) is 0 Å². The summed E-state index contributed by atoms with van der Waals surface area (Å²) >= 11 is 1.36. The standard InChI is InChI=1S/C12H13N5O4S/c1-7-6-10(17(19)20)14-16(7)8(2)12(18)21-15-11(13)9-4-3-5-22-9/h3-6,8H,1-2H3,(H2,13,15). The van der Waals surface area contributed by atoms with Crippen molar-refractivity contribution in [2.24, 2.45) is 10.9 Å². The number of carbonyl (C=O) groups excluding carboxylic acids is 1. The van der Waals surface area contributed by atoms with Crippen LogP contribution in [-0.4, -0.2) is 26.5 Å². The average Bonchev–Trinajstić information content (AvgIpc) is 3.12. The molecule has 0 spiro atoms. The number of aryl methyl sites for hydroxylation is 1. The van der Waals surface area contributed by atoms with Crippen LogP contribution in [0.25, 0.3) is 0 Å². The summed E-state index contributed by atoms with van der Waals surface area (Å²) in [6.07, 6.45) is 0. The van der Waals surface area contributed by atoms with Crippen LogP contribution in [0.3, 0.4) is 0 Å². The second kappa shape index (κ2) is 6.35. The molecule has 1 unspecified atom stereocenters. The maximum absolute atomic E-state index is 11.9. The van der Waals surface area contributed by atoms with Gasteiger partial charge < -0.3 is 20.7 Å². The highest BCUT2D eigenvalue weighted by atomic mass is 32.1. The third-order valence-corrected chi connectivity index (χ3v) is 3.70. The van der Waals surface area contributed by atoms with Crippen molar-refractivity contribution in [3.05, 3.63) is 44.3 Å². The number of aromatic nitrogens is 2. The molecule has 0 saturated carbocycles. The predicted molar refractivity (Wildman–Crippen MR) is 79.5 cm³/mol. The number of thiophene rings is 1. The molecule has 116 valence electrons. The topological polar surface area (TPSA) is 126 Å². The minimum Gasteiger partial charge on any atom is -0.380 e. The lowest BCUT2D eigenvalue weighted by atomic mass is 10.3. The molecule has 2 heterocycles. The van der Waals surface area contributed by atoms with Gasteiger partial charge in [-0.2, -0.15) is 4.68 Å². The second-order valence-electron chi connectivity index (χ2n) is 4.39. The Morgan fingerprint density at radius 2 is 2.36 bits per heavy atom. The summed E-state index contributed by atoms with van der Waals surface area (Å²) in [5, 5.41) is 19.8. The van der Waals surface area contributed by atoms with E-state index in [1.54, 1.807) is 19.1 Å². The van der Waals surface area contributed by atoms with Crippen molar-refractivity contribution in [3.8, 4) is 0 Å². The molecular weight excluding hydrogens is 310 g/mol. The van der Waals surface area contributed by atoms with E-state index in [4.69, 9.17) is 10.6 Å². The predicted octanol–water partition coefficient (Wildman–Crippen LogP) is 1.59. The quantitative estimate of drug-likeness (QED) is 0.293. The van der Waals surface area contributed by atoms with Crippen LogP contribution in [0.5, 0.6) is 0 Å². The van der Waals surface area contributed by atoms with E-state index >= 15 is 0 Å². The molecule has 22 heavy (non-hydrogen) atoms. The normalized spacial score (nSPS) is 12.9. The number of nitrogens with zero attached hydrogens (tertiary/aromatic N) is 4. The molecule has 0 amide bonds. The third-order valence-electron chi connectivity index (χ3n) is 2.81. The summed E-state index contributed by atoms with van der Waals surface area (Å²) < 4.78 is 1.21. The number of nitro groups is 1. The van der Waals surface area contributed by atoms with Crippen LogP contribution in [0.15, 0.2) is 28.7 Å². The molecule has 2 N–H and O–H groups in total. The highest BCUT2D eigenvalue weighted by molar-refractivity contribution is 7.12. The molecule has 2 aromatic rings. The highest BCUT2D eigenvalue weighted by Crippen LogP contribution is 2.17. The van der Waals surface area contributed by atoms with Gasteiger partial charge >= 0.3 is 11.8 Å². The van der Waals surface area contributed by atoms with Crippen LogP contribution < -0.4 is 5.73 Å². The van der Waals surface area contributed by atoms with Gasteiger partial charge in [-0.3, -0.25) is 0 Å². The first-order chi connectivity index (χ1) is 10.4. The number of hydrogen-bond donors (Lipinski definition) is 1. The number of carbonyl (C=O) groups is 1. The van der Waals surface area contributed by atoms with Crippen LogP contribution in [0.1, 0.15) is 23.5 Å². The maximum Gasteiger partial charge on any atom is 0.390 e. The number of nitrogens with two attached hydrogens (primary N) is 1. The molecule has 0 aliphatic heterocycles. The number of oxime groups is 1. The number of hydrogen-bond acceptors (Lipinski definition) is 7. The smallest absolute Gasteiger partial charge is 0.380 e. The van der Waals surface area contributed by atoms with E-state index in [9.17, 15) is 14.9 Å². The molecule has 0 aromatic carbocycles. The summed E-state index contributed by atoms with van der Waals surface area (Å²) in [4.78, 5) is 27.4. The molecule has 0 saturated heterocycles. The Bertz CT molecular complexity index is 722. The zero-order valence-corrected chi connectivity index (χ0v) is 12.6. The van der Waals surface area contributed by atoms with Crippen molar-refractivity contribution in [3.63, 3.8) is 0 Å². The molecule has 1 atom stereocenters. The molecule has 0 radical (unpaired) electrons. The molecule has 0 aliphatic carbocycles. The van der Waals surface area contributed by atoms with Crippen molar-refractivity contribution in [2.45, 2.75) is 19.9 Å². The fourth-order valence-corrected chi connectivity index (χ4v) is 2.31. The minimum atomic E-state index is -0.867. The first kappa shape index (κ1) is 15.6. The van der Waals surface area contributed by atoms with E-state index < -0.39 is 16.9 Å². The van der Waals surface area contributed by atoms with Crippen molar-refractivity contribution in [1.29, 1.82) is 0 Å². The van der Waals surface area contributed by atoms with Gasteiger partial charge in [0.1, 0.15) is 0 Å². The van der Waals surface area contributed by atoms with Crippen molar-refractivity contribution >= 4 is 29.0 Å². The maximum atomic E-state index is 11.9. The van der Waals surface area contributed by atoms with Gasteiger partial charge in [0.25, 0.3) is 0 Å². The zero-order valence-electron chi connectivity index (χ0n) is 11.8. The van der Waals surface area contributed by atoms with E-state index in [1.165, 1.54) is 29.0 Å². The van der Waals surface area contributed by atoms with E-state index in [1.807, 2.05) is 5.38 Å². The lowest BCUT2D eigenvalue weighted by molar-refractivity contribution is -0.389. The van der Waals surface area contributed by atoms with Gasteiger partial charge in [0.15, 0.2) is 11.9 Å². The summed E-state index contributed by atoms with van der Waals surface area (Å²) in [5.41, 5.74) is 6.14. The second-order valence-corrected chi connectivity index (χ2v) is 5.33. The summed E-state index contributed by atoms with van der Waals surface area (Å²) in [6.45, 7) is 3.11. The lowest BCUT2D eigenvalue weighted by Crippen LogP contribution is -2.21. The average molecular weight is 323 g/mol. The number of rotatable bonds is 5. The molecule has 0 bridgehead atoms. The molecular formula is C12H13N5O4S. The van der Waals surface area contributed by atoms with Gasteiger partial charge in [-0.1, -0.05) is 11.2 Å². The van der Waals surface area contributed by atoms with Crippen LogP contribution >= 0.6 is 11.3 Å². The van der Waals surface area contributed by atoms with Crippen LogP contribution in [-0.2, 0) is 9.63 Å². The first-order valence-electron chi connectivity index (χ1n) is 6.19. The fraction of sp³-hybridized carbons (Fsp3) is 0.250. The Kier molecular flexibility index (Phi) is 4.51. The van der Waals surface area contributed by atoms with Gasteiger partial charge in [-0.25, -0.2) is 4.79 Å². The Balaban J connectivity index is 2.09. The monoisotopic (exact) mass is 323 g/mol. The highest BCUT2D eigenvalue weighted by Gasteiger charge is 2.26. The van der Waals surface area contributed by atoms with Crippen LogP contribution in [0, 0.1) is 17.0 Å². The fourth-order valence-electron chi connectivity index (χ4n) is 1.69. The summed E-state index contributed by atoms with van der Waals surface area (Å²) in [5.74, 6) is -0.974. The lowest BCUT2D eigenvalue weighted by Gasteiger charge is -2.07. The largest absolute Gasteiger partial charge is 0.390 e. The molecule has 0 aliphatic rings. The van der Waals surface area contributed by atoms with Crippen LogP contribution in [0.2, 0.25) is 0 Å². The van der Waals surface area contributed by atoms with Crippen molar-refractivity contribution in [1.82, 2.24) is 9.78 Å². The van der Waals surface area contributed by atoms with Gasteiger partial charge in [-0.15, -0.1) is 11.3 Å². The third kappa shape index (κ3) is 3.28. The first-order valence-corrected chi connectivity index (χ1v) is 7.07. The minimum absolute atomic E-state index is 0.0821. The molecule has 9 nitrogen and oxygen atoms in total. The van der Waals surface area contributed by atoms with E-state index in [-0.39, 0.29) is 11.7 Å². The van der Waals surface area contributed by atoms with E-state index in [2.05, 4.69) is 10.3 Å². The Morgan fingerprint density at radius 3 is 2.91 bits per heavy atom. The van der Waals surface area contributed by atoms with Gasteiger partial charge in [0.05, 0.1) is 21.7 Å². The van der Waals surface area contributed by atoms with E-state index in [0.717, 1.165) is 0 Å². The zero-order chi connectivity index (χ0) is 16.3. The van der Waals surface area contributed by atoms with Gasteiger partial charge in [0.2, 0.25) is 0 Å². The molecule has 2 rings (SSSR count). The van der Waals surface area contributed by atoms with Gasteiger partial charge in [-0.05, 0) is 30.2 Å². The Hall–Kier alpha value is -2.75. The van der Waals surface area contributed by atoms with E-state index in [0.29, 0.717) is 10.6 Å². The van der Waals surface area contributed by atoms with Crippen LogP contribution in [0.4, 0.5) is 5.82 Å². The molecule has 0 fully saturated rings. The molecule has 2 aromatic heterocycles. The Labute approximate surface area is 129 Å². The SMILES string of the molecule is Cc1cc([N+](=O)[O-])nn1C(C)C(=O)O/N=C(\N)c1cccs1. The van der Waals surface area contributed by atoms with Gasteiger partial charge in [0, 0.05) is 0 Å². The molecule has 10 heteroatoms. The van der Waals surface area contributed by atoms with Crippen molar-refractivity contribution < 1.29 is 14.6 Å². The number of amidine groups is 1. The summed E-state index contributed by atoms with van der Waals surface area (Å²) in [7, 11) is 0. The summed E-state index contributed by atoms with van der Waals surface area (Å²) in [6, 6.07) is 3.93. The Morgan fingerprint density at radius 1 is 1.64 bits per heavy atom.